The van der Waals surface area contributed by atoms with Crippen LogP contribution >= 0.6 is 11.3 Å². The van der Waals surface area contributed by atoms with Crippen molar-refractivity contribution in [1.29, 1.82) is 0 Å². The van der Waals surface area contributed by atoms with Crippen LogP contribution in [0.4, 0.5) is 0 Å². The number of hydrogen-bond acceptors (Lipinski definition) is 5. The van der Waals surface area contributed by atoms with Crippen LogP contribution in [-0.2, 0) is 14.2 Å². The summed E-state index contributed by atoms with van der Waals surface area (Å²) in [6, 6.07) is 11.9. The van der Waals surface area contributed by atoms with E-state index >= 15 is 0 Å². The predicted molar refractivity (Wildman–Crippen MR) is 89.8 cm³/mol. The highest BCUT2D eigenvalue weighted by atomic mass is 32.1. The van der Waals surface area contributed by atoms with E-state index in [4.69, 9.17) is 14.2 Å². The Labute approximate surface area is 140 Å². The van der Waals surface area contributed by atoms with Crippen molar-refractivity contribution in [3.05, 3.63) is 46.8 Å². The summed E-state index contributed by atoms with van der Waals surface area (Å²) in [6.07, 6.45) is 0.227. The Balaban J connectivity index is 1.80. The highest BCUT2D eigenvalue weighted by Crippen LogP contribution is 2.35. The predicted octanol–water partition coefficient (Wildman–Crippen LogP) is 4.07. The molecule has 1 aromatic carbocycles. The normalized spacial score (nSPS) is 17.7. The molecule has 2 unspecified atom stereocenters. The Morgan fingerprint density at radius 1 is 1.35 bits per heavy atom. The molecule has 2 atom stereocenters. The molecule has 1 fully saturated rings. The largest absolute Gasteiger partial charge is 0.462 e. The molecule has 0 bridgehead atoms. The molecule has 3 rings (SSSR count). The highest BCUT2D eigenvalue weighted by molar-refractivity contribution is 7.17. The average molecular weight is 332 g/mol. The Kier molecular flexibility index (Phi) is 5.10. The third-order valence-corrected chi connectivity index (χ3v) is 4.78. The van der Waals surface area contributed by atoms with Crippen molar-refractivity contribution < 1.29 is 19.0 Å². The van der Waals surface area contributed by atoms with Crippen LogP contribution in [0.2, 0.25) is 0 Å². The Hall–Kier alpha value is -1.69. The highest BCUT2D eigenvalue weighted by Gasteiger charge is 2.24. The maximum absolute atomic E-state index is 11.8. The molecule has 0 amide bonds. The molecule has 0 radical (unpaired) electrons. The van der Waals surface area contributed by atoms with Gasteiger partial charge in [0.05, 0.1) is 25.9 Å². The van der Waals surface area contributed by atoms with Crippen LogP contribution in [0.25, 0.3) is 10.4 Å². The monoisotopic (exact) mass is 332 g/mol. The number of carbonyl (C=O) groups is 1. The molecule has 1 saturated heterocycles. The number of thiophene rings is 1. The van der Waals surface area contributed by atoms with Gasteiger partial charge in [-0.3, -0.25) is 0 Å². The van der Waals surface area contributed by atoms with Gasteiger partial charge in [0.15, 0.2) is 0 Å². The van der Waals surface area contributed by atoms with Crippen LogP contribution in [0.3, 0.4) is 0 Å². The lowest BCUT2D eigenvalue weighted by Gasteiger charge is -2.16. The molecular formula is C18H20O4S. The van der Waals surface area contributed by atoms with Crippen molar-refractivity contribution >= 4 is 17.3 Å². The summed E-state index contributed by atoms with van der Waals surface area (Å²) < 4.78 is 16.1. The third-order valence-electron chi connectivity index (χ3n) is 3.68. The smallest absolute Gasteiger partial charge is 0.348 e. The van der Waals surface area contributed by atoms with Gasteiger partial charge in [0, 0.05) is 4.88 Å². The first-order valence-corrected chi connectivity index (χ1v) is 8.60. The molecule has 1 aliphatic heterocycles. The van der Waals surface area contributed by atoms with Gasteiger partial charge in [-0.05, 0) is 37.1 Å². The molecule has 1 aliphatic rings. The summed E-state index contributed by atoms with van der Waals surface area (Å²) in [5.74, 6) is -0.267. The molecule has 4 nitrogen and oxygen atoms in total. The van der Waals surface area contributed by atoms with Crippen LogP contribution in [0.1, 0.15) is 35.2 Å². The SMILES string of the molecule is CCOC(=O)c1ccc(-c2ccccc2C(C)OCC2CO2)s1. The van der Waals surface area contributed by atoms with E-state index in [1.165, 1.54) is 11.3 Å². The number of carbonyl (C=O) groups excluding carboxylic acids is 1. The van der Waals surface area contributed by atoms with Crippen molar-refractivity contribution in [3.8, 4) is 10.4 Å². The fourth-order valence-corrected chi connectivity index (χ4v) is 3.32. The van der Waals surface area contributed by atoms with Crippen molar-refractivity contribution in [2.45, 2.75) is 26.1 Å². The zero-order valence-corrected chi connectivity index (χ0v) is 14.1. The number of ether oxygens (including phenoxy) is 3. The van der Waals surface area contributed by atoms with E-state index in [0.717, 1.165) is 22.6 Å². The maximum Gasteiger partial charge on any atom is 0.348 e. The first-order chi connectivity index (χ1) is 11.2. The van der Waals surface area contributed by atoms with Crippen molar-refractivity contribution in [2.24, 2.45) is 0 Å². The van der Waals surface area contributed by atoms with Gasteiger partial charge in [0.1, 0.15) is 11.0 Å². The third kappa shape index (κ3) is 3.99. The second-order valence-corrected chi connectivity index (χ2v) is 6.49. The van der Waals surface area contributed by atoms with Crippen LogP contribution in [0.5, 0.6) is 0 Å². The quantitative estimate of drug-likeness (QED) is 0.566. The summed E-state index contributed by atoms with van der Waals surface area (Å²) >= 11 is 1.45. The lowest BCUT2D eigenvalue weighted by Crippen LogP contribution is -2.07. The van der Waals surface area contributed by atoms with E-state index in [-0.39, 0.29) is 18.2 Å². The molecule has 122 valence electrons. The fourth-order valence-electron chi connectivity index (χ4n) is 2.38. The van der Waals surface area contributed by atoms with Gasteiger partial charge in [0.25, 0.3) is 0 Å². The van der Waals surface area contributed by atoms with E-state index in [1.807, 2.05) is 38.1 Å². The van der Waals surface area contributed by atoms with Crippen molar-refractivity contribution in [2.75, 3.05) is 19.8 Å². The Morgan fingerprint density at radius 2 is 2.13 bits per heavy atom. The first kappa shape index (κ1) is 16.2. The number of rotatable bonds is 7. The standard InChI is InChI=1S/C18H20O4S/c1-3-20-18(19)17-9-8-16(23-17)15-7-5-4-6-14(15)12(2)21-10-13-11-22-13/h4-9,12-13H,3,10-11H2,1-2H3. The minimum atomic E-state index is -0.267. The molecule has 1 aromatic heterocycles. The molecule has 5 heteroatoms. The van der Waals surface area contributed by atoms with Crippen LogP contribution in [0, 0.1) is 0 Å². The molecule has 0 spiro atoms. The first-order valence-electron chi connectivity index (χ1n) is 7.78. The van der Waals surface area contributed by atoms with Gasteiger partial charge in [0.2, 0.25) is 0 Å². The van der Waals surface area contributed by atoms with Crippen molar-refractivity contribution in [1.82, 2.24) is 0 Å². The zero-order chi connectivity index (χ0) is 16.2. The van der Waals surface area contributed by atoms with Gasteiger partial charge in [-0.1, -0.05) is 24.3 Å². The molecular weight excluding hydrogens is 312 g/mol. The van der Waals surface area contributed by atoms with Gasteiger partial charge >= 0.3 is 5.97 Å². The van der Waals surface area contributed by atoms with E-state index in [2.05, 4.69) is 12.1 Å². The average Bonchev–Trinajstić information content (AvgIpc) is 3.27. The van der Waals surface area contributed by atoms with Crippen molar-refractivity contribution in [3.63, 3.8) is 0 Å². The number of epoxide rings is 1. The van der Waals surface area contributed by atoms with E-state index in [0.29, 0.717) is 18.1 Å². The van der Waals surface area contributed by atoms with Crippen LogP contribution < -0.4 is 0 Å². The van der Waals surface area contributed by atoms with Gasteiger partial charge in [-0.2, -0.15) is 0 Å². The van der Waals surface area contributed by atoms with Gasteiger partial charge < -0.3 is 14.2 Å². The molecule has 0 saturated carbocycles. The number of esters is 1. The molecule has 2 aromatic rings. The van der Waals surface area contributed by atoms with Gasteiger partial charge in [-0.15, -0.1) is 11.3 Å². The Bertz CT molecular complexity index is 675. The summed E-state index contributed by atoms with van der Waals surface area (Å²) in [4.78, 5) is 13.5. The molecule has 0 N–H and O–H groups in total. The number of hydrogen-bond donors (Lipinski definition) is 0. The van der Waals surface area contributed by atoms with Gasteiger partial charge in [-0.25, -0.2) is 4.79 Å². The van der Waals surface area contributed by atoms with E-state index in [1.54, 1.807) is 0 Å². The summed E-state index contributed by atoms with van der Waals surface area (Å²) in [7, 11) is 0. The van der Waals surface area contributed by atoms with Crippen LogP contribution in [-0.4, -0.2) is 31.9 Å². The minimum absolute atomic E-state index is 0.0245. The topological polar surface area (TPSA) is 48.1 Å². The van der Waals surface area contributed by atoms with E-state index < -0.39 is 0 Å². The summed E-state index contributed by atoms with van der Waals surface area (Å²) in [6.45, 7) is 5.65. The lowest BCUT2D eigenvalue weighted by molar-refractivity contribution is 0.0531. The zero-order valence-electron chi connectivity index (χ0n) is 13.3. The second-order valence-electron chi connectivity index (χ2n) is 5.40. The molecule has 23 heavy (non-hydrogen) atoms. The molecule has 2 heterocycles. The summed E-state index contributed by atoms with van der Waals surface area (Å²) in [5, 5.41) is 0. The summed E-state index contributed by atoms with van der Waals surface area (Å²) in [5.41, 5.74) is 2.21. The van der Waals surface area contributed by atoms with Crippen LogP contribution in [0.15, 0.2) is 36.4 Å². The molecule has 0 aliphatic carbocycles. The lowest BCUT2D eigenvalue weighted by atomic mass is 10.0. The fraction of sp³-hybridized carbons (Fsp3) is 0.389. The van der Waals surface area contributed by atoms with E-state index in [9.17, 15) is 4.79 Å². The maximum atomic E-state index is 11.8. The Morgan fingerprint density at radius 3 is 2.87 bits per heavy atom. The number of benzene rings is 1. The minimum Gasteiger partial charge on any atom is -0.462 e. The second kappa shape index (κ2) is 7.25.